The zero-order chi connectivity index (χ0) is 16.7. The number of hydrogen-bond acceptors (Lipinski definition) is 4. The van der Waals surface area contributed by atoms with E-state index in [4.69, 9.17) is 9.47 Å². The van der Waals surface area contributed by atoms with Gasteiger partial charge in [0, 0.05) is 13.1 Å². The maximum Gasteiger partial charge on any atom is 0.243 e. The summed E-state index contributed by atoms with van der Waals surface area (Å²) in [6.45, 7) is 3.86. The molecule has 0 bridgehead atoms. The van der Waals surface area contributed by atoms with Crippen molar-refractivity contribution in [1.82, 2.24) is 4.31 Å². The van der Waals surface area contributed by atoms with Crippen LogP contribution in [0.15, 0.2) is 41.3 Å². The van der Waals surface area contributed by atoms with Crippen molar-refractivity contribution in [3.05, 3.63) is 53.1 Å². The summed E-state index contributed by atoms with van der Waals surface area (Å²) in [6, 6.07) is 10.9. The van der Waals surface area contributed by atoms with E-state index in [1.54, 1.807) is 12.1 Å². The zero-order valence-electron chi connectivity index (χ0n) is 13.5. The largest absolute Gasteiger partial charge is 0.486 e. The van der Waals surface area contributed by atoms with Crippen LogP contribution in [-0.2, 0) is 23.0 Å². The van der Waals surface area contributed by atoms with E-state index in [2.05, 4.69) is 0 Å². The first-order valence-corrected chi connectivity index (χ1v) is 9.46. The highest BCUT2D eigenvalue weighted by molar-refractivity contribution is 7.89. The van der Waals surface area contributed by atoms with Gasteiger partial charge in [-0.2, -0.15) is 4.31 Å². The highest BCUT2D eigenvalue weighted by Gasteiger charge is 2.29. The summed E-state index contributed by atoms with van der Waals surface area (Å²) in [5.41, 5.74) is 3.16. The van der Waals surface area contributed by atoms with Crippen LogP contribution in [0.25, 0.3) is 0 Å². The molecule has 0 spiro atoms. The number of nitrogens with zero attached hydrogens (tertiary/aromatic N) is 1. The van der Waals surface area contributed by atoms with E-state index in [9.17, 15) is 8.42 Å². The van der Waals surface area contributed by atoms with E-state index >= 15 is 0 Å². The van der Waals surface area contributed by atoms with Gasteiger partial charge in [0.15, 0.2) is 11.5 Å². The van der Waals surface area contributed by atoms with Gasteiger partial charge >= 0.3 is 0 Å². The smallest absolute Gasteiger partial charge is 0.243 e. The summed E-state index contributed by atoms with van der Waals surface area (Å²) < 4.78 is 38.5. The van der Waals surface area contributed by atoms with Gasteiger partial charge in [-0.3, -0.25) is 0 Å². The Hall–Kier alpha value is -2.05. The first-order chi connectivity index (χ1) is 11.5. The lowest BCUT2D eigenvalue weighted by Crippen LogP contribution is -2.36. The average Bonchev–Trinajstić information content (AvgIpc) is 2.59. The van der Waals surface area contributed by atoms with E-state index in [0.717, 1.165) is 22.4 Å². The molecule has 0 N–H and O–H groups in total. The highest BCUT2D eigenvalue weighted by atomic mass is 32.2. The number of sulfonamides is 1. The lowest BCUT2D eigenvalue weighted by Gasteiger charge is -2.30. The summed E-state index contributed by atoms with van der Waals surface area (Å²) in [4.78, 5) is 0.342. The second-order valence-electron chi connectivity index (χ2n) is 6.17. The monoisotopic (exact) mass is 345 g/mol. The molecular formula is C18H19NO4S. The van der Waals surface area contributed by atoms with Crippen LogP contribution in [0.5, 0.6) is 11.5 Å². The van der Waals surface area contributed by atoms with Gasteiger partial charge in [-0.05, 0) is 48.7 Å². The molecule has 0 saturated carbocycles. The van der Waals surface area contributed by atoms with Crippen molar-refractivity contribution in [1.29, 1.82) is 0 Å². The van der Waals surface area contributed by atoms with Crippen molar-refractivity contribution in [2.75, 3.05) is 19.8 Å². The molecule has 0 fully saturated rings. The van der Waals surface area contributed by atoms with Gasteiger partial charge in [0.05, 0.1) is 4.90 Å². The summed E-state index contributed by atoms with van der Waals surface area (Å²) in [5.74, 6) is 1.46. The Kier molecular flexibility index (Phi) is 3.73. The van der Waals surface area contributed by atoms with E-state index in [-0.39, 0.29) is 0 Å². The van der Waals surface area contributed by atoms with Crippen molar-refractivity contribution in [3.63, 3.8) is 0 Å². The molecule has 4 rings (SSSR count). The topological polar surface area (TPSA) is 55.8 Å². The average molecular weight is 345 g/mol. The Morgan fingerprint density at radius 1 is 0.958 bits per heavy atom. The fourth-order valence-corrected chi connectivity index (χ4v) is 4.55. The summed E-state index contributed by atoms with van der Waals surface area (Å²) >= 11 is 0. The number of benzene rings is 2. The number of fused-ring (bicyclic) bond motifs is 2. The highest BCUT2D eigenvalue weighted by Crippen LogP contribution is 2.36. The molecule has 2 aliphatic heterocycles. The molecule has 5 nitrogen and oxygen atoms in total. The van der Waals surface area contributed by atoms with Crippen LogP contribution in [0.4, 0.5) is 0 Å². The molecular weight excluding hydrogens is 326 g/mol. The molecule has 0 amide bonds. The summed E-state index contributed by atoms with van der Waals surface area (Å²) in [7, 11) is -3.48. The molecule has 0 saturated heterocycles. The van der Waals surface area contributed by atoms with E-state index in [1.807, 2.05) is 31.2 Å². The normalized spacial score (nSPS) is 17.4. The zero-order valence-corrected chi connectivity index (χ0v) is 14.3. The fourth-order valence-electron chi connectivity index (χ4n) is 3.13. The van der Waals surface area contributed by atoms with Crippen molar-refractivity contribution in [2.45, 2.75) is 24.8 Å². The third-order valence-electron chi connectivity index (χ3n) is 4.50. The van der Waals surface area contributed by atoms with Gasteiger partial charge in [0.1, 0.15) is 13.2 Å². The van der Waals surface area contributed by atoms with Crippen LogP contribution in [0.3, 0.4) is 0 Å². The molecule has 126 valence electrons. The van der Waals surface area contributed by atoms with Crippen LogP contribution < -0.4 is 9.47 Å². The first kappa shape index (κ1) is 15.5. The van der Waals surface area contributed by atoms with Crippen LogP contribution in [0.2, 0.25) is 0 Å². The van der Waals surface area contributed by atoms with Gasteiger partial charge in [-0.1, -0.05) is 17.7 Å². The third-order valence-corrected chi connectivity index (χ3v) is 6.36. The quantitative estimate of drug-likeness (QED) is 0.839. The number of ether oxygens (including phenoxy) is 2. The molecule has 24 heavy (non-hydrogen) atoms. The number of aryl methyl sites for hydroxylation is 1. The Morgan fingerprint density at radius 3 is 2.25 bits per heavy atom. The van der Waals surface area contributed by atoms with Crippen molar-refractivity contribution in [2.24, 2.45) is 0 Å². The molecule has 2 aromatic rings. The third kappa shape index (κ3) is 2.65. The van der Waals surface area contributed by atoms with Crippen molar-refractivity contribution >= 4 is 10.0 Å². The van der Waals surface area contributed by atoms with Gasteiger partial charge in [0.25, 0.3) is 0 Å². The molecule has 0 aromatic heterocycles. The second kappa shape index (κ2) is 5.79. The first-order valence-electron chi connectivity index (χ1n) is 8.02. The number of hydrogen-bond donors (Lipinski definition) is 0. The molecule has 0 atom stereocenters. The SMILES string of the molecule is Cc1ccc(S(=O)(=O)N2CCc3cc4c(cc3C2)OCCO4)cc1. The predicted octanol–water partition coefficient (Wildman–Crippen LogP) is 2.51. The van der Waals surface area contributed by atoms with Crippen molar-refractivity contribution in [3.8, 4) is 11.5 Å². The molecule has 2 aromatic carbocycles. The van der Waals surface area contributed by atoms with Crippen LogP contribution in [-0.4, -0.2) is 32.5 Å². The van der Waals surface area contributed by atoms with Crippen LogP contribution in [0.1, 0.15) is 16.7 Å². The Balaban J connectivity index is 1.65. The maximum absolute atomic E-state index is 12.9. The summed E-state index contributed by atoms with van der Waals surface area (Å²) in [5, 5.41) is 0. The second-order valence-corrected chi connectivity index (χ2v) is 8.10. The predicted molar refractivity (Wildman–Crippen MR) is 89.9 cm³/mol. The standard InChI is InChI=1S/C18H19NO4S/c1-13-2-4-16(5-3-13)24(20,21)19-7-6-14-10-17-18(11-15(14)12-19)23-9-8-22-17/h2-5,10-11H,6-9,12H2,1H3. The minimum Gasteiger partial charge on any atom is -0.486 e. The van der Waals surface area contributed by atoms with E-state index in [0.29, 0.717) is 43.4 Å². The van der Waals surface area contributed by atoms with Gasteiger partial charge in [0.2, 0.25) is 10.0 Å². The van der Waals surface area contributed by atoms with Crippen LogP contribution >= 0.6 is 0 Å². The lowest BCUT2D eigenvalue weighted by molar-refractivity contribution is 0.171. The molecule has 2 heterocycles. The molecule has 6 heteroatoms. The Labute approximate surface area is 141 Å². The van der Waals surface area contributed by atoms with Gasteiger partial charge in [-0.25, -0.2) is 8.42 Å². The van der Waals surface area contributed by atoms with Gasteiger partial charge < -0.3 is 9.47 Å². The van der Waals surface area contributed by atoms with E-state index < -0.39 is 10.0 Å². The lowest BCUT2D eigenvalue weighted by atomic mass is 10.00. The molecule has 0 radical (unpaired) electrons. The summed E-state index contributed by atoms with van der Waals surface area (Å²) in [6.07, 6.45) is 0.678. The van der Waals surface area contributed by atoms with E-state index in [1.165, 1.54) is 4.31 Å². The molecule has 2 aliphatic rings. The Bertz CT molecular complexity index is 875. The minimum atomic E-state index is -3.48. The molecule has 0 unspecified atom stereocenters. The number of rotatable bonds is 2. The fraction of sp³-hybridized carbons (Fsp3) is 0.333. The van der Waals surface area contributed by atoms with Crippen LogP contribution in [0, 0.1) is 6.92 Å². The van der Waals surface area contributed by atoms with Gasteiger partial charge in [-0.15, -0.1) is 0 Å². The minimum absolute atomic E-state index is 0.342. The maximum atomic E-state index is 12.9. The molecule has 0 aliphatic carbocycles. The van der Waals surface area contributed by atoms with Crippen molar-refractivity contribution < 1.29 is 17.9 Å². The Morgan fingerprint density at radius 2 is 1.58 bits per heavy atom.